The molecule has 0 saturated heterocycles. The highest BCUT2D eigenvalue weighted by atomic mass is 16.6. The van der Waals surface area contributed by atoms with Gasteiger partial charge in [-0.2, -0.15) is 5.26 Å². The van der Waals surface area contributed by atoms with E-state index in [1.165, 1.54) is 17.5 Å². The number of fused-ring (bicyclic) bond motifs is 1. The topological polar surface area (TPSA) is 76.4 Å². The van der Waals surface area contributed by atoms with Crippen molar-refractivity contribution >= 4 is 11.8 Å². The van der Waals surface area contributed by atoms with Gasteiger partial charge in [-0.15, -0.1) is 0 Å². The second-order valence-corrected chi connectivity index (χ2v) is 6.62. The predicted octanol–water partition coefficient (Wildman–Crippen LogP) is 3.63. The fourth-order valence-electron chi connectivity index (χ4n) is 3.10. The Balaban J connectivity index is 1.53. The second kappa shape index (κ2) is 8.50. The van der Waals surface area contributed by atoms with E-state index in [2.05, 4.69) is 0 Å². The van der Waals surface area contributed by atoms with Crippen molar-refractivity contribution in [1.29, 1.82) is 5.26 Å². The van der Waals surface area contributed by atoms with E-state index in [1.54, 1.807) is 37.3 Å². The summed E-state index contributed by atoms with van der Waals surface area (Å²) in [5.41, 5.74) is 3.60. The van der Waals surface area contributed by atoms with Crippen molar-refractivity contribution in [3.8, 4) is 11.8 Å². The summed E-state index contributed by atoms with van der Waals surface area (Å²) in [6.45, 7) is 1.25. The summed E-state index contributed by atoms with van der Waals surface area (Å²) in [5.74, 6) is -0.368. The van der Waals surface area contributed by atoms with Crippen molar-refractivity contribution in [2.45, 2.75) is 38.7 Å². The Labute approximate surface area is 158 Å². The highest BCUT2D eigenvalue weighted by molar-refractivity contribution is 5.98. The van der Waals surface area contributed by atoms with Gasteiger partial charge in [-0.05, 0) is 74.1 Å². The molecule has 0 saturated carbocycles. The summed E-state index contributed by atoms with van der Waals surface area (Å²) in [4.78, 5) is 24.4. The van der Waals surface area contributed by atoms with Gasteiger partial charge in [0.1, 0.15) is 5.75 Å². The SMILES string of the molecule is CC(Oc1ccc(C#N)cc1)C(=O)OCC(=O)c1ccc2c(c1)CCCC2. The maximum Gasteiger partial charge on any atom is 0.347 e. The quantitative estimate of drug-likeness (QED) is 0.579. The fraction of sp³-hybridized carbons (Fsp3) is 0.318. The summed E-state index contributed by atoms with van der Waals surface area (Å²) < 4.78 is 10.6. The minimum absolute atomic E-state index is 0.220. The third-order valence-corrected chi connectivity index (χ3v) is 4.64. The number of esters is 1. The van der Waals surface area contributed by atoms with Gasteiger partial charge in [-0.25, -0.2) is 4.79 Å². The number of hydrogen-bond acceptors (Lipinski definition) is 5. The van der Waals surface area contributed by atoms with Crippen molar-refractivity contribution in [1.82, 2.24) is 0 Å². The Kier molecular flexibility index (Phi) is 5.87. The number of ether oxygens (including phenoxy) is 2. The Morgan fingerprint density at radius 3 is 2.48 bits per heavy atom. The number of nitriles is 1. The first-order chi connectivity index (χ1) is 13.1. The largest absolute Gasteiger partial charge is 0.479 e. The van der Waals surface area contributed by atoms with Crippen LogP contribution in [0.2, 0.25) is 0 Å². The van der Waals surface area contributed by atoms with E-state index < -0.39 is 12.1 Å². The number of Topliss-reactive ketones (excluding diaryl/α,β-unsaturated/α-hetero) is 1. The molecule has 3 rings (SSSR count). The van der Waals surface area contributed by atoms with Crippen LogP contribution in [0.1, 0.15) is 46.8 Å². The minimum atomic E-state index is -0.853. The summed E-state index contributed by atoms with van der Waals surface area (Å²) in [6, 6.07) is 14.2. The zero-order valence-corrected chi connectivity index (χ0v) is 15.2. The summed E-state index contributed by atoms with van der Waals surface area (Å²) in [7, 11) is 0. The van der Waals surface area contributed by atoms with Crippen LogP contribution < -0.4 is 4.74 Å². The van der Waals surface area contributed by atoms with Gasteiger partial charge in [-0.1, -0.05) is 12.1 Å². The van der Waals surface area contributed by atoms with E-state index in [0.29, 0.717) is 16.9 Å². The zero-order valence-electron chi connectivity index (χ0n) is 15.2. The van der Waals surface area contributed by atoms with Crippen molar-refractivity contribution in [3.63, 3.8) is 0 Å². The molecule has 0 spiro atoms. The number of ketones is 1. The molecule has 0 aromatic heterocycles. The Hall–Kier alpha value is -3.13. The molecule has 138 valence electrons. The van der Waals surface area contributed by atoms with Crippen molar-refractivity contribution in [2.24, 2.45) is 0 Å². The van der Waals surface area contributed by atoms with Crippen LogP contribution in [-0.2, 0) is 22.4 Å². The number of aryl methyl sites for hydroxylation is 2. The summed E-state index contributed by atoms with van der Waals surface area (Å²) in [5, 5.41) is 8.78. The number of hydrogen-bond donors (Lipinski definition) is 0. The Morgan fingerprint density at radius 1 is 1.07 bits per heavy atom. The van der Waals surface area contributed by atoms with Crippen molar-refractivity contribution in [2.75, 3.05) is 6.61 Å². The molecule has 1 aliphatic carbocycles. The smallest absolute Gasteiger partial charge is 0.347 e. The molecule has 0 N–H and O–H groups in total. The van der Waals surface area contributed by atoms with Crippen molar-refractivity contribution < 1.29 is 19.1 Å². The molecule has 0 radical (unpaired) electrons. The molecule has 0 fully saturated rings. The number of carbonyl (C=O) groups excluding carboxylic acids is 2. The van der Waals surface area contributed by atoms with Crippen LogP contribution >= 0.6 is 0 Å². The molecule has 0 bridgehead atoms. The highest BCUT2D eigenvalue weighted by Gasteiger charge is 2.19. The lowest BCUT2D eigenvalue weighted by Gasteiger charge is -2.16. The molecule has 5 heteroatoms. The molecule has 1 unspecified atom stereocenters. The first-order valence-corrected chi connectivity index (χ1v) is 9.05. The molecule has 2 aromatic rings. The van der Waals surface area contributed by atoms with E-state index >= 15 is 0 Å². The average Bonchev–Trinajstić information content (AvgIpc) is 2.71. The number of rotatable bonds is 6. The molecule has 1 atom stereocenters. The Morgan fingerprint density at radius 2 is 1.78 bits per heavy atom. The number of nitrogens with zero attached hydrogens (tertiary/aromatic N) is 1. The molecule has 0 aliphatic heterocycles. The van der Waals surface area contributed by atoms with Crippen LogP contribution in [0.5, 0.6) is 5.75 Å². The minimum Gasteiger partial charge on any atom is -0.479 e. The van der Waals surface area contributed by atoms with Gasteiger partial charge in [0.05, 0.1) is 11.6 Å². The highest BCUT2D eigenvalue weighted by Crippen LogP contribution is 2.22. The normalized spacial score (nSPS) is 13.8. The molecule has 0 amide bonds. The standard InChI is InChI=1S/C22H21NO4/c1-15(27-20-10-6-16(13-23)7-11-20)22(25)26-14-21(24)19-9-8-17-4-2-3-5-18(17)12-19/h6-12,15H,2-5,14H2,1H3. The number of carbonyl (C=O) groups is 2. The lowest BCUT2D eigenvalue weighted by atomic mass is 9.90. The molecule has 27 heavy (non-hydrogen) atoms. The first kappa shape index (κ1) is 18.7. The van der Waals surface area contributed by atoms with Crippen molar-refractivity contribution in [3.05, 3.63) is 64.7 Å². The molecular formula is C22H21NO4. The van der Waals surface area contributed by atoms with Crippen LogP contribution in [0.3, 0.4) is 0 Å². The zero-order chi connectivity index (χ0) is 19.2. The molecule has 2 aromatic carbocycles. The van der Waals surface area contributed by atoms with Gasteiger partial charge in [0.15, 0.2) is 18.5 Å². The van der Waals surface area contributed by atoms with Gasteiger partial charge in [-0.3, -0.25) is 4.79 Å². The maximum atomic E-state index is 12.3. The Bertz CT molecular complexity index is 880. The van der Waals surface area contributed by atoms with E-state index in [1.807, 2.05) is 18.2 Å². The van der Waals surface area contributed by atoms with Crippen LogP contribution in [-0.4, -0.2) is 24.5 Å². The summed E-state index contributed by atoms with van der Waals surface area (Å²) in [6.07, 6.45) is 3.53. The van der Waals surface area contributed by atoms with E-state index in [9.17, 15) is 9.59 Å². The van der Waals surface area contributed by atoms with E-state index in [4.69, 9.17) is 14.7 Å². The molecule has 0 heterocycles. The lowest BCUT2D eigenvalue weighted by Crippen LogP contribution is -2.28. The lowest BCUT2D eigenvalue weighted by molar-refractivity contribution is -0.149. The average molecular weight is 363 g/mol. The summed E-state index contributed by atoms with van der Waals surface area (Å²) >= 11 is 0. The molecule has 1 aliphatic rings. The monoisotopic (exact) mass is 363 g/mol. The van der Waals surface area contributed by atoms with Gasteiger partial charge < -0.3 is 9.47 Å². The second-order valence-electron chi connectivity index (χ2n) is 6.62. The van der Waals surface area contributed by atoms with Gasteiger partial charge >= 0.3 is 5.97 Å². The van der Waals surface area contributed by atoms with E-state index in [-0.39, 0.29) is 12.4 Å². The first-order valence-electron chi connectivity index (χ1n) is 9.05. The molecule has 5 nitrogen and oxygen atoms in total. The van der Waals surface area contributed by atoms with Crippen LogP contribution in [0, 0.1) is 11.3 Å². The van der Waals surface area contributed by atoms with Crippen LogP contribution in [0.15, 0.2) is 42.5 Å². The van der Waals surface area contributed by atoms with Gasteiger partial charge in [0.25, 0.3) is 0 Å². The molecular weight excluding hydrogens is 342 g/mol. The van der Waals surface area contributed by atoms with Crippen LogP contribution in [0.25, 0.3) is 0 Å². The fourth-order valence-corrected chi connectivity index (χ4v) is 3.10. The van der Waals surface area contributed by atoms with Crippen LogP contribution in [0.4, 0.5) is 0 Å². The third-order valence-electron chi connectivity index (χ3n) is 4.64. The van der Waals surface area contributed by atoms with Gasteiger partial charge in [0.2, 0.25) is 0 Å². The maximum absolute atomic E-state index is 12.3. The van der Waals surface area contributed by atoms with Gasteiger partial charge in [0, 0.05) is 5.56 Å². The predicted molar refractivity (Wildman–Crippen MR) is 99.6 cm³/mol. The van der Waals surface area contributed by atoms with E-state index in [0.717, 1.165) is 19.3 Å². The number of benzene rings is 2. The third kappa shape index (κ3) is 4.73.